The second-order valence-corrected chi connectivity index (χ2v) is 6.46. The van der Waals surface area contributed by atoms with Crippen LogP contribution in [0.3, 0.4) is 0 Å². The summed E-state index contributed by atoms with van der Waals surface area (Å²) in [6.45, 7) is 0. The van der Waals surface area contributed by atoms with E-state index in [1.807, 2.05) is 35.0 Å². The van der Waals surface area contributed by atoms with Gasteiger partial charge in [0.15, 0.2) is 0 Å². The molecule has 7 heteroatoms. The molecule has 0 radical (unpaired) electrons. The molecular weight excluding hydrogens is 319 g/mol. The lowest BCUT2D eigenvalue weighted by atomic mass is 10.2. The van der Waals surface area contributed by atoms with E-state index in [2.05, 4.69) is 4.98 Å². The average Bonchev–Trinajstić information content (AvgIpc) is 3.12. The smallest absolute Gasteiger partial charge is 0.437 e. The zero-order chi connectivity index (χ0) is 14.9. The van der Waals surface area contributed by atoms with Gasteiger partial charge >= 0.3 is 12.1 Å². The number of aromatic nitrogens is 1. The minimum Gasteiger partial charge on any atom is -0.437 e. The van der Waals surface area contributed by atoms with Crippen LogP contribution in [0.1, 0.15) is 27.1 Å². The van der Waals surface area contributed by atoms with Crippen LogP contribution in [0.4, 0.5) is 13.2 Å². The minimum atomic E-state index is -4.56. The van der Waals surface area contributed by atoms with Gasteiger partial charge in [-0.05, 0) is 22.9 Å². The molecule has 0 aliphatic heterocycles. The molecular formula is C14H10F3NOS2. The third-order valence-electron chi connectivity index (χ3n) is 2.86. The molecule has 3 aromatic heterocycles. The van der Waals surface area contributed by atoms with Crippen LogP contribution in [0.2, 0.25) is 0 Å². The van der Waals surface area contributed by atoms with Crippen molar-refractivity contribution >= 4 is 22.7 Å². The number of oxazole rings is 1. The Hall–Kier alpha value is -1.60. The van der Waals surface area contributed by atoms with Crippen molar-refractivity contribution in [3.05, 3.63) is 62.1 Å². The number of rotatable bonds is 4. The van der Waals surface area contributed by atoms with Gasteiger partial charge in [0.1, 0.15) is 5.76 Å². The molecule has 0 bridgehead atoms. The van der Waals surface area contributed by atoms with E-state index < -0.39 is 12.1 Å². The van der Waals surface area contributed by atoms with E-state index in [-0.39, 0.29) is 5.76 Å². The highest BCUT2D eigenvalue weighted by Gasteiger charge is 2.38. The molecule has 0 saturated heterocycles. The summed E-state index contributed by atoms with van der Waals surface area (Å²) in [5.41, 5.74) is 0.359. The van der Waals surface area contributed by atoms with Gasteiger partial charge in [0.05, 0.1) is 5.69 Å². The highest BCUT2D eigenvalue weighted by molar-refractivity contribution is 7.10. The molecule has 0 saturated carbocycles. The SMILES string of the molecule is FC(F)(F)c1nc(Cc2cccs2)c(Cc2cccs2)o1. The Morgan fingerprint density at radius 3 is 2.14 bits per heavy atom. The Labute approximate surface area is 126 Å². The number of thiophene rings is 2. The molecule has 0 atom stereocenters. The van der Waals surface area contributed by atoms with Crippen LogP contribution in [0.15, 0.2) is 39.4 Å². The molecule has 21 heavy (non-hydrogen) atoms. The zero-order valence-corrected chi connectivity index (χ0v) is 12.3. The summed E-state index contributed by atoms with van der Waals surface area (Å²) in [4.78, 5) is 5.57. The van der Waals surface area contributed by atoms with Gasteiger partial charge in [0, 0.05) is 22.6 Å². The standard InChI is InChI=1S/C14H10F3NOS2/c15-14(16,17)13-18-11(7-9-3-1-5-20-9)12(19-13)8-10-4-2-6-21-10/h1-6H,7-8H2. The maximum atomic E-state index is 12.8. The first-order valence-corrected chi connectivity index (χ1v) is 7.89. The lowest BCUT2D eigenvalue weighted by Gasteiger charge is -1.98. The van der Waals surface area contributed by atoms with Crippen molar-refractivity contribution in [2.24, 2.45) is 0 Å². The van der Waals surface area contributed by atoms with Gasteiger partial charge in [-0.15, -0.1) is 22.7 Å². The summed E-state index contributed by atoms with van der Waals surface area (Å²) in [7, 11) is 0. The molecule has 0 N–H and O–H groups in total. The van der Waals surface area contributed by atoms with Crippen LogP contribution in [0.25, 0.3) is 0 Å². The Bertz CT molecular complexity index is 645. The number of hydrogen-bond donors (Lipinski definition) is 0. The van der Waals surface area contributed by atoms with Gasteiger partial charge in [-0.25, -0.2) is 4.98 Å². The molecule has 0 aliphatic carbocycles. The van der Waals surface area contributed by atoms with Crippen LogP contribution in [0, 0.1) is 0 Å². The fourth-order valence-corrected chi connectivity index (χ4v) is 3.34. The fourth-order valence-electron chi connectivity index (χ4n) is 1.93. The summed E-state index contributed by atoms with van der Waals surface area (Å²) in [6.07, 6.45) is -3.86. The summed E-state index contributed by atoms with van der Waals surface area (Å²) in [6, 6.07) is 7.47. The third kappa shape index (κ3) is 3.36. The normalized spacial score (nSPS) is 12.0. The predicted molar refractivity (Wildman–Crippen MR) is 75.8 cm³/mol. The van der Waals surface area contributed by atoms with Crippen LogP contribution < -0.4 is 0 Å². The Morgan fingerprint density at radius 1 is 1.00 bits per heavy atom. The Kier molecular flexibility index (Phi) is 3.86. The van der Waals surface area contributed by atoms with Crippen molar-refractivity contribution in [1.82, 2.24) is 4.98 Å². The lowest BCUT2D eigenvalue weighted by Crippen LogP contribution is -2.05. The average molecular weight is 329 g/mol. The molecule has 3 aromatic rings. The highest BCUT2D eigenvalue weighted by atomic mass is 32.1. The molecule has 0 unspecified atom stereocenters. The van der Waals surface area contributed by atoms with E-state index >= 15 is 0 Å². The quantitative estimate of drug-likeness (QED) is 0.673. The maximum Gasteiger partial charge on any atom is 0.468 e. The van der Waals surface area contributed by atoms with Crippen molar-refractivity contribution in [2.75, 3.05) is 0 Å². The van der Waals surface area contributed by atoms with E-state index in [9.17, 15) is 13.2 Å². The first-order valence-electron chi connectivity index (χ1n) is 6.13. The van der Waals surface area contributed by atoms with Gasteiger partial charge in [0.25, 0.3) is 0 Å². The fraction of sp³-hybridized carbons (Fsp3) is 0.214. The monoisotopic (exact) mass is 329 g/mol. The predicted octanol–water partition coefficient (Wildman–Crippen LogP) is 5.00. The molecule has 0 aromatic carbocycles. The van der Waals surface area contributed by atoms with Crippen LogP contribution in [-0.2, 0) is 19.0 Å². The Morgan fingerprint density at radius 2 is 1.62 bits per heavy atom. The molecule has 3 rings (SSSR count). The first-order chi connectivity index (χ1) is 10.0. The van der Waals surface area contributed by atoms with Gasteiger partial charge < -0.3 is 4.42 Å². The van der Waals surface area contributed by atoms with E-state index in [1.54, 1.807) is 0 Å². The number of nitrogens with zero attached hydrogens (tertiary/aromatic N) is 1. The van der Waals surface area contributed by atoms with Crippen molar-refractivity contribution in [2.45, 2.75) is 19.0 Å². The van der Waals surface area contributed by atoms with E-state index in [1.165, 1.54) is 22.7 Å². The topological polar surface area (TPSA) is 26.0 Å². The summed E-state index contributed by atoms with van der Waals surface area (Å²) >= 11 is 2.98. The van der Waals surface area contributed by atoms with Crippen molar-refractivity contribution in [3.63, 3.8) is 0 Å². The van der Waals surface area contributed by atoms with Crippen LogP contribution in [-0.4, -0.2) is 4.98 Å². The zero-order valence-electron chi connectivity index (χ0n) is 10.7. The van der Waals surface area contributed by atoms with Crippen molar-refractivity contribution in [3.8, 4) is 0 Å². The number of halogens is 3. The van der Waals surface area contributed by atoms with Crippen molar-refractivity contribution < 1.29 is 17.6 Å². The molecule has 2 nitrogen and oxygen atoms in total. The summed E-state index contributed by atoms with van der Waals surface area (Å²) < 4.78 is 43.3. The summed E-state index contributed by atoms with van der Waals surface area (Å²) in [5.74, 6) is -0.876. The largest absolute Gasteiger partial charge is 0.468 e. The molecule has 0 aliphatic rings. The lowest BCUT2D eigenvalue weighted by molar-refractivity contribution is -0.157. The minimum absolute atomic E-state index is 0.290. The first kappa shape index (κ1) is 14.3. The molecule has 0 amide bonds. The van der Waals surface area contributed by atoms with Gasteiger partial charge in [-0.3, -0.25) is 0 Å². The summed E-state index contributed by atoms with van der Waals surface area (Å²) in [5, 5.41) is 3.77. The maximum absolute atomic E-state index is 12.8. The molecule has 110 valence electrons. The van der Waals surface area contributed by atoms with E-state index in [0.717, 1.165) is 9.75 Å². The van der Waals surface area contributed by atoms with Crippen LogP contribution >= 0.6 is 22.7 Å². The van der Waals surface area contributed by atoms with Crippen molar-refractivity contribution in [1.29, 1.82) is 0 Å². The third-order valence-corrected chi connectivity index (χ3v) is 4.61. The Balaban J connectivity index is 1.93. The van der Waals surface area contributed by atoms with Gasteiger partial charge in [-0.2, -0.15) is 13.2 Å². The second kappa shape index (κ2) is 5.65. The second-order valence-electron chi connectivity index (χ2n) is 4.40. The van der Waals surface area contributed by atoms with Gasteiger partial charge in [0.2, 0.25) is 0 Å². The van der Waals surface area contributed by atoms with Gasteiger partial charge in [-0.1, -0.05) is 12.1 Å². The van der Waals surface area contributed by atoms with E-state index in [4.69, 9.17) is 4.42 Å². The molecule has 0 spiro atoms. The molecule has 0 fully saturated rings. The number of hydrogen-bond acceptors (Lipinski definition) is 4. The number of alkyl halides is 3. The van der Waals surface area contributed by atoms with E-state index in [0.29, 0.717) is 18.5 Å². The molecule has 3 heterocycles. The highest BCUT2D eigenvalue weighted by Crippen LogP contribution is 2.32. The van der Waals surface area contributed by atoms with Crippen LogP contribution in [0.5, 0.6) is 0 Å².